The molecular weight excluding hydrogens is 316 g/mol. The standard InChI is InChI=1S/C16H25BrN2O/c1-12(18)9-14-3-4-15(10-16(14)17)19(2)11-13-5-7-20-8-6-13/h3-4,10,12-13H,5-9,11,18H2,1-2H3. The van der Waals surface area contributed by atoms with Crippen LogP contribution in [0.15, 0.2) is 22.7 Å². The molecule has 0 amide bonds. The Balaban J connectivity index is 1.98. The minimum atomic E-state index is 0.192. The quantitative estimate of drug-likeness (QED) is 0.894. The van der Waals surface area contributed by atoms with E-state index >= 15 is 0 Å². The number of rotatable bonds is 5. The predicted molar refractivity (Wildman–Crippen MR) is 88.3 cm³/mol. The van der Waals surface area contributed by atoms with Crippen LogP contribution in [-0.2, 0) is 11.2 Å². The third-order valence-corrected chi connectivity index (χ3v) is 4.63. The number of ether oxygens (including phenoxy) is 1. The van der Waals surface area contributed by atoms with Gasteiger partial charge < -0.3 is 15.4 Å². The Hall–Kier alpha value is -0.580. The van der Waals surface area contributed by atoms with Crippen LogP contribution in [0.2, 0.25) is 0 Å². The Labute approximate surface area is 130 Å². The zero-order chi connectivity index (χ0) is 14.5. The Bertz CT molecular complexity index is 430. The monoisotopic (exact) mass is 340 g/mol. The van der Waals surface area contributed by atoms with Crippen molar-refractivity contribution in [3.05, 3.63) is 28.2 Å². The molecule has 1 aliphatic heterocycles. The van der Waals surface area contributed by atoms with Crippen molar-refractivity contribution in [2.24, 2.45) is 11.7 Å². The minimum absolute atomic E-state index is 0.192. The number of hydrogen-bond acceptors (Lipinski definition) is 3. The summed E-state index contributed by atoms with van der Waals surface area (Å²) in [7, 11) is 2.17. The summed E-state index contributed by atoms with van der Waals surface area (Å²) in [5.41, 5.74) is 8.41. The Morgan fingerprint density at radius 2 is 2.10 bits per heavy atom. The molecule has 1 heterocycles. The molecule has 0 saturated carbocycles. The smallest absolute Gasteiger partial charge is 0.0469 e. The van der Waals surface area contributed by atoms with Crippen molar-refractivity contribution >= 4 is 21.6 Å². The van der Waals surface area contributed by atoms with Crippen molar-refractivity contribution in [2.75, 3.05) is 31.7 Å². The van der Waals surface area contributed by atoms with Gasteiger partial charge in [-0.1, -0.05) is 22.0 Å². The lowest BCUT2D eigenvalue weighted by molar-refractivity contribution is 0.0685. The van der Waals surface area contributed by atoms with E-state index in [9.17, 15) is 0 Å². The van der Waals surface area contributed by atoms with Crippen molar-refractivity contribution in [3.8, 4) is 0 Å². The lowest BCUT2D eigenvalue weighted by Gasteiger charge is -2.28. The van der Waals surface area contributed by atoms with Crippen LogP contribution in [0, 0.1) is 5.92 Å². The second-order valence-electron chi connectivity index (χ2n) is 5.89. The van der Waals surface area contributed by atoms with Gasteiger partial charge >= 0.3 is 0 Å². The maximum absolute atomic E-state index is 5.87. The molecule has 0 bridgehead atoms. The highest BCUT2D eigenvalue weighted by Gasteiger charge is 2.16. The number of benzene rings is 1. The molecule has 4 heteroatoms. The van der Waals surface area contributed by atoms with Crippen molar-refractivity contribution in [2.45, 2.75) is 32.2 Å². The van der Waals surface area contributed by atoms with Crippen LogP contribution in [-0.4, -0.2) is 32.8 Å². The van der Waals surface area contributed by atoms with E-state index in [0.717, 1.165) is 36.6 Å². The van der Waals surface area contributed by atoms with Gasteiger partial charge in [0, 0.05) is 43.0 Å². The molecule has 0 radical (unpaired) electrons. The van der Waals surface area contributed by atoms with E-state index in [1.807, 2.05) is 6.92 Å². The maximum Gasteiger partial charge on any atom is 0.0469 e. The van der Waals surface area contributed by atoms with Gasteiger partial charge in [0.05, 0.1) is 0 Å². The fourth-order valence-electron chi connectivity index (χ4n) is 2.71. The van der Waals surface area contributed by atoms with Crippen LogP contribution in [0.25, 0.3) is 0 Å². The highest BCUT2D eigenvalue weighted by molar-refractivity contribution is 9.10. The van der Waals surface area contributed by atoms with E-state index in [1.54, 1.807) is 0 Å². The highest BCUT2D eigenvalue weighted by atomic mass is 79.9. The molecule has 1 aromatic carbocycles. The number of halogens is 1. The first-order chi connectivity index (χ1) is 9.56. The molecule has 112 valence electrons. The Kier molecular flexibility index (Phi) is 5.87. The van der Waals surface area contributed by atoms with Crippen LogP contribution in [0.3, 0.4) is 0 Å². The largest absolute Gasteiger partial charge is 0.381 e. The van der Waals surface area contributed by atoms with Gasteiger partial charge in [-0.15, -0.1) is 0 Å². The van der Waals surface area contributed by atoms with Crippen molar-refractivity contribution in [1.29, 1.82) is 0 Å². The molecule has 1 saturated heterocycles. The van der Waals surface area contributed by atoms with Crippen LogP contribution in [0.1, 0.15) is 25.3 Å². The van der Waals surface area contributed by atoms with E-state index < -0.39 is 0 Å². The molecular formula is C16H25BrN2O. The first kappa shape index (κ1) is 15.8. The summed E-state index contributed by atoms with van der Waals surface area (Å²) in [6.07, 6.45) is 3.26. The second kappa shape index (κ2) is 7.43. The van der Waals surface area contributed by atoms with Crippen LogP contribution < -0.4 is 10.6 Å². The van der Waals surface area contributed by atoms with E-state index in [0.29, 0.717) is 0 Å². The molecule has 20 heavy (non-hydrogen) atoms. The normalized spacial score (nSPS) is 18.0. The van der Waals surface area contributed by atoms with Crippen molar-refractivity contribution < 1.29 is 4.74 Å². The zero-order valence-corrected chi connectivity index (χ0v) is 14.0. The summed E-state index contributed by atoms with van der Waals surface area (Å²) in [5, 5.41) is 0. The fraction of sp³-hybridized carbons (Fsp3) is 0.625. The van der Waals surface area contributed by atoms with Crippen molar-refractivity contribution in [3.63, 3.8) is 0 Å². The van der Waals surface area contributed by atoms with Gasteiger partial charge in [0.2, 0.25) is 0 Å². The summed E-state index contributed by atoms with van der Waals surface area (Å²) >= 11 is 3.67. The van der Waals surface area contributed by atoms with E-state index in [2.05, 4.69) is 46.1 Å². The number of anilines is 1. The summed E-state index contributed by atoms with van der Waals surface area (Å²) in [5.74, 6) is 0.747. The molecule has 3 nitrogen and oxygen atoms in total. The highest BCUT2D eigenvalue weighted by Crippen LogP contribution is 2.26. The van der Waals surface area contributed by atoms with Gasteiger partial charge in [-0.25, -0.2) is 0 Å². The third kappa shape index (κ3) is 4.47. The molecule has 1 aliphatic rings. The summed E-state index contributed by atoms with van der Waals surface area (Å²) in [4.78, 5) is 2.34. The maximum atomic E-state index is 5.87. The summed E-state index contributed by atoms with van der Waals surface area (Å²) < 4.78 is 6.58. The molecule has 1 unspecified atom stereocenters. The van der Waals surface area contributed by atoms with Gasteiger partial charge in [0.1, 0.15) is 0 Å². The van der Waals surface area contributed by atoms with Gasteiger partial charge in [-0.2, -0.15) is 0 Å². The van der Waals surface area contributed by atoms with Gasteiger partial charge in [-0.05, 0) is 49.8 Å². The summed E-state index contributed by atoms with van der Waals surface area (Å²) in [6, 6.07) is 6.78. The molecule has 1 aromatic rings. The first-order valence-electron chi connectivity index (χ1n) is 7.39. The van der Waals surface area contributed by atoms with Crippen LogP contribution in [0.4, 0.5) is 5.69 Å². The second-order valence-corrected chi connectivity index (χ2v) is 6.75. The van der Waals surface area contributed by atoms with E-state index in [-0.39, 0.29) is 6.04 Å². The molecule has 1 atom stereocenters. The van der Waals surface area contributed by atoms with E-state index in [4.69, 9.17) is 10.5 Å². The average Bonchev–Trinajstić information content (AvgIpc) is 2.41. The SMILES string of the molecule is CC(N)Cc1ccc(N(C)CC2CCOCC2)cc1Br. The van der Waals surface area contributed by atoms with Crippen LogP contribution in [0.5, 0.6) is 0 Å². The molecule has 2 rings (SSSR count). The zero-order valence-electron chi connectivity index (χ0n) is 12.4. The lowest BCUT2D eigenvalue weighted by atomic mass is 9.99. The topological polar surface area (TPSA) is 38.5 Å². The van der Waals surface area contributed by atoms with Crippen LogP contribution >= 0.6 is 15.9 Å². The van der Waals surface area contributed by atoms with Crippen molar-refractivity contribution in [1.82, 2.24) is 0 Å². The predicted octanol–water partition coefficient (Wildman–Crippen LogP) is 3.20. The first-order valence-corrected chi connectivity index (χ1v) is 8.18. The van der Waals surface area contributed by atoms with Gasteiger partial charge in [-0.3, -0.25) is 0 Å². The minimum Gasteiger partial charge on any atom is -0.381 e. The fourth-order valence-corrected chi connectivity index (χ4v) is 3.24. The molecule has 1 fully saturated rings. The number of nitrogens with zero attached hydrogens (tertiary/aromatic N) is 1. The molecule has 2 N–H and O–H groups in total. The van der Waals surface area contributed by atoms with Gasteiger partial charge in [0.25, 0.3) is 0 Å². The average molecular weight is 341 g/mol. The summed E-state index contributed by atoms with van der Waals surface area (Å²) in [6.45, 7) is 4.96. The number of nitrogens with two attached hydrogens (primary N) is 1. The molecule has 0 aliphatic carbocycles. The van der Waals surface area contributed by atoms with Gasteiger partial charge in [0.15, 0.2) is 0 Å². The molecule has 0 spiro atoms. The Morgan fingerprint density at radius 3 is 2.70 bits per heavy atom. The third-order valence-electron chi connectivity index (χ3n) is 3.89. The Morgan fingerprint density at radius 1 is 1.40 bits per heavy atom. The van der Waals surface area contributed by atoms with E-state index in [1.165, 1.54) is 24.1 Å². The lowest BCUT2D eigenvalue weighted by Crippen LogP contribution is -2.29. The molecule has 0 aromatic heterocycles. The number of hydrogen-bond donors (Lipinski definition) is 1.